The summed E-state index contributed by atoms with van der Waals surface area (Å²) in [7, 11) is -0.163. The number of carbonyl (C=O) groups is 2. The molecular weight excluding hydrogens is 508 g/mol. The molecule has 0 saturated carbocycles. The summed E-state index contributed by atoms with van der Waals surface area (Å²) in [6, 6.07) is 15.3. The summed E-state index contributed by atoms with van der Waals surface area (Å²) >= 11 is 6.25. The molecule has 190 valence electrons. The van der Waals surface area contributed by atoms with Gasteiger partial charge in [-0.1, -0.05) is 35.9 Å². The first kappa shape index (κ1) is 26.8. The van der Waals surface area contributed by atoms with Gasteiger partial charge < -0.3 is 19.5 Å². The molecule has 11 heteroatoms. The number of ether oxygens (including phenoxy) is 3. The van der Waals surface area contributed by atoms with Gasteiger partial charge >= 0.3 is 5.97 Å². The SMILES string of the molecule is COC(=O)c1cc(OC)c(OC)cc1NC(=O)CN(c1cccc(Cl)c1C)S(=O)(=O)c1ccccc1. The number of nitrogens with one attached hydrogen (secondary N) is 1. The van der Waals surface area contributed by atoms with Gasteiger partial charge in [0.1, 0.15) is 6.54 Å². The minimum absolute atomic E-state index is 0.0000902. The molecule has 36 heavy (non-hydrogen) atoms. The van der Waals surface area contributed by atoms with E-state index >= 15 is 0 Å². The Morgan fingerprint density at radius 1 is 0.944 bits per heavy atom. The number of methoxy groups -OCH3 is 3. The van der Waals surface area contributed by atoms with Crippen molar-refractivity contribution in [3.8, 4) is 11.5 Å². The summed E-state index contributed by atoms with van der Waals surface area (Å²) in [6.07, 6.45) is 0. The third-order valence-corrected chi connectivity index (χ3v) is 7.51. The van der Waals surface area contributed by atoms with Crippen LogP contribution >= 0.6 is 11.6 Å². The predicted molar refractivity (Wildman–Crippen MR) is 137 cm³/mol. The Balaban J connectivity index is 2.05. The number of esters is 1. The molecule has 0 bridgehead atoms. The van der Waals surface area contributed by atoms with Crippen LogP contribution in [0.2, 0.25) is 5.02 Å². The highest BCUT2D eigenvalue weighted by atomic mass is 35.5. The number of sulfonamides is 1. The van der Waals surface area contributed by atoms with E-state index in [9.17, 15) is 18.0 Å². The lowest BCUT2D eigenvalue weighted by molar-refractivity contribution is -0.114. The molecule has 0 atom stereocenters. The molecule has 0 spiro atoms. The Hall–Kier alpha value is -3.76. The molecule has 3 aromatic carbocycles. The van der Waals surface area contributed by atoms with E-state index in [4.69, 9.17) is 25.8 Å². The van der Waals surface area contributed by atoms with Gasteiger partial charge in [-0.3, -0.25) is 9.10 Å². The number of hydrogen-bond acceptors (Lipinski definition) is 7. The Labute approximate surface area is 214 Å². The first-order chi connectivity index (χ1) is 17.1. The van der Waals surface area contributed by atoms with Crippen molar-refractivity contribution >= 4 is 44.9 Å². The van der Waals surface area contributed by atoms with Crippen molar-refractivity contribution < 1.29 is 32.2 Å². The molecule has 1 amide bonds. The molecule has 0 aromatic heterocycles. The molecule has 9 nitrogen and oxygen atoms in total. The summed E-state index contributed by atoms with van der Waals surface area (Å²) in [5.41, 5.74) is 0.777. The Bertz CT molecular complexity index is 1380. The fourth-order valence-electron chi connectivity index (χ4n) is 3.47. The number of carbonyl (C=O) groups excluding carboxylic acids is 2. The van der Waals surface area contributed by atoms with E-state index in [1.807, 2.05) is 0 Å². The van der Waals surface area contributed by atoms with Crippen molar-refractivity contribution in [1.29, 1.82) is 0 Å². The quantitative estimate of drug-likeness (QED) is 0.409. The third-order valence-electron chi connectivity index (χ3n) is 5.33. The molecule has 0 radical (unpaired) electrons. The highest BCUT2D eigenvalue weighted by Crippen LogP contribution is 2.34. The van der Waals surface area contributed by atoms with E-state index < -0.39 is 28.4 Å². The lowest BCUT2D eigenvalue weighted by atomic mass is 10.1. The zero-order valence-electron chi connectivity index (χ0n) is 20.1. The molecule has 0 aliphatic heterocycles. The van der Waals surface area contributed by atoms with Crippen LogP contribution in [0.3, 0.4) is 0 Å². The topological polar surface area (TPSA) is 111 Å². The number of nitrogens with zero attached hydrogens (tertiary/aromatic N) is 1. The smallest absolute Gasteiger partial charge is 0.340 e. The van der Waals surface area contributed by atoms with Gasteiger partial charge in [-0.15, -0.1) is 0 Å². The van der Waals surface area contributed by atoms with E-state index in [1.54, 1.807) is 43.3 Å². The Morgan fingerprint density at radius 2 is 1.58 bits per heavy atom. The number of benzene rings is 3. The van der Waals surface area contributed by atoms with Gasteiger partial charge in [0, 0.05) is 17.2 Å². The Kier molecular flexibility index (Phi) is 8.44. The van der Waals surface area contributed by atoms with Gasteiger partial charge in [-0.2, -0.15) is 0 Å². The average Bonchev–Trinajstić information content (AvgIpc) is 2.88. The molecule has 0 fully saturated rings. The first-order valence-electron chi connectivity index (χ1n) is 10.6. The fourth-order valence-corrected chi connectivity index (χ4v) is 5.14. The highest BCUT2D eigenvalue weighted by molar-refractivity contribution is 7.92. The van der Waals surface area contributed by atoms with Crippen LogP contribution in [0, 0.1) is 6.92 Å². The molecule has 0 aliphatic carbocycles. The van der Waals surface area contributed by atoms with Crippen LogP contribution in [0.15, 0.2) is 65.6 Å². The second-order valence-corrected chi connectivity index (χ2v) is 9.77. The minimum atomic E-state index is -4.16. The number of amides is 1. The van der Waals surface area contributed by atoms with Crippen LogP contribution in [0.1, 0.15) is 15.9 Å². The molecule has 1 N–H and O–H groups in total. The minimum Gasteiger partial charge on any atom is -0.493 e. The first-order valence-corrected chi connectivity index (χ1v) is 12.4. The monoisotopic (exact) mass is 532 g/mol. The average molecular weight is 533 g/mol. The summed E-state index contributed by atoms with van der Waals surface area (Å²) in [6.45, 7) is 1.06. The van der Waals surface area contributed by atoms with Crippen LogP contribution in [0.5, 0.6) is 11.5 Å². The van der Waals surface area contributed by atoms with Crippen molar-refractivity contribution in [3.05, 3.63) is 76.8 Å². The second kappa shape index (κ2) is 11.3. The largest absolute Gasteiger partial charge is 0.493 e. The number of rotatable bonds is 9. The normalized spacial score (nSPS) is 10.9. The van der Waals surface area contributed by atoms with Gasteiger partial charge in [0.05, 0.1) is 43.2 Å². The molecule has 0 aliphatic rings. The van der Waals surface area contributed by atoms with Crippen LogP contribution in [0.25, 0.3) is 0 Å². The molecule has 0 saturated heterocycles. The van der Waals surface area contributed by atoms with Crippen molar-refractivity contribution in [3.63, 3.8) is 0 Å². The zero-order chi connectivity index (χ0) is 26.5. The van der Waals surface area contributed by atoms with Gasteiger partial charge in [0.15, 0.2) is 11.5 Å². The summed E-state index contributed by atoms with van der Waals surface area (Å²) in [5, 5.41) is 2.94. The lowest BCUT2D eigenvalue weighted by Gasteiger charge is -2.26. The van der Waals surface area contributed by atoms with Crippen LogP contribution in [0.4, 0.5) is 11.4 Å². The maximum atomic E-state index is 13.6. The van der Waals surface area contributed by atoms with E-state index in [2.05, 4.69) is 5.32 Å². The van der Waals surface area contributed by atoms with E-state index in [0.717, 1.165) is 4.31 Å². The van der Waals surface area contributed by atoms with Crippen LogP contribution < -0.4 is 19.1 Å². The predicted octanol–water partition coefficient (Wildman–Crippen LogP) is 4.29. The number of anilines is 2. The van der Waals surface area contributed by atoms with Crippen molar-refractivity contribution in [1.82, 2.24) is 0 Å². The van der Waals surface area contributed by atoms with E-state index in [1.165, 1.54) is 45.6 Å². The van der Waals surface area contributed by atoms with Crippen molar-refractivity contribution in [2.45, 2.75) is 11.8 Å². The van der Waals surface area contributed by atoms with Crippen molar-refractivity contribution in [2.75, 3.05) is 37.5 Å². The highest BCUT2D eigenvalue weighted by Gasteiger charge is 2.29. The van der Waals surface area contributed by atoms with Gasteiger partial charge in [-0.25, -0.2) is 13.2 Å². The second-order valence-electron chi connectivity index (χ2n) is 7.50. The summed E-state index contributed by atoms with van der Waals surface area (Å²) in [4.78, 5) is 25.6. The maximum absolute atomic E-state index is 13.6. The summed E-state index contributed by atoms with van der Waals surface area (Å²) < 4.78 is 43.4. The van der Waals surface area contributed by atoms with Gasteiger partial charge in [0.2, 0.25) is 5.91 Å². The number of halogens is 1. The zero-order valence-corrected chi connectivity index (χ0v) is 21.6. The van der Waals surface area contributed by atoms with E-state index in [0.29, 0.717) is 10.6 Å². The third kappa shape index (κ3) is 5.55. The standard InChI is InChI=1S/C25H25ClN2O7S/c1-16-19(26)11-8-12-21(16)28(36(31,32)17-9-6-5-7-10-17)15-24(29)27-20-14-23(34-3)22(33-2)13-18(20)25(30)35-4/h5-14H,15H2,1-4H3,(H,27,29). The summed E-state index contributed by atoms with van der Waals surface area (Å²) in [5.74, 6) is -0.949. The molecule has 3 rings (SSSR count). The van der Waals surface area contributed by atoms with E-state index in [-0.39, 0.29) is 33.3 Å². The number of hydrogen-bond donors (Lipinski definition) is 1. The van der Waals surface area contributed by atoms with Crippen molar-refractivity contribution in [2.24, 2.45) is 0 Å². The van der Waals surface area contributed by atoms with Gasteiger partial charge in [0.25, 0.3) is 10.0 Å². The molecule has 3 aromatic rings. The molecule has 0 unspecified atom stereocenters. The Morgan fingerprint density at radius 3 is 2.19 bits per heavy atom. The van der Waals surface area contributed by atoms with Crippen LogP contribution in [-0.4, -0.2) is 48.2 Å². The van der Waals surface area contributed by atoms with Gasteiger partial charge in [-0.05, 0) is 36.8 Å². The fraction of sp³-hybridized carbons (Fsp3) is 0.200. The molecular formula is C25H25ClN2O7S. The lowest BCUT2D eigenvalue weighted by Crippen LogP contribution is -2.38. The molecule has 0 heterocycles. The maximum Gasteiger partial charge on any atom is 0.340 e. The van der Waals surface area contributed by atoms with Crippen LogP contribution in [-0.2, 0) is 19.6 Å².